The molecule has 0 aromatic carbocycles. The van der Waals surface area contributed by atoms with Crippen LogP contribution in [-0.4, -0.2) is 35.2 Å². The first-order chi connectivity index (χ1) is 7.93. The zero-order chi connectivity index (χ0) is 13.0. The van der Waals surface area contributed by atoms with Crippen LogP contribution in [0.1, 0.15) is 30.4 Å². The Kier molecular flexibility index (Phi) is 4.84. The fraction of sp³-hybridized carbons (Fsp3) is 0.500. The van der Waals surface area contributed by atoms with E-state index in [2.05, 4.69) is 0 Å². The quantitative estimate of drug-likeness (QED) is 0.810. The molecule has 0 spiro atoms. The molecule has 94 valence electrons. The second-order valence-corrected chi connectivity index (χ2v) is 5.20. The van der Waals surface area contributed by atoms with Gasteiger partial charge >= 0.3 is 0 Å². The first kappa shape index (κ1) is 13.9. The average Bonchev–Trinajstić information content (AvgIpc) is 2.77. The van der Waals surface area contributed by atoms with Gasteiger partial charge in [-0.2, -0.15) is 0 Å². The number of nitrogens with two attached hydrogens (primary N) is 1. The largest absolute Gasteiger partial charge is 0.331 e. The van der Waals surface area contributed by atoms with Crippen LogP contribution in [0.2, 0.25) is 0 Å². The summed E-state index contributed by atoms with van der Waals surface area (Å²) >= 11 is 1.39. The Morgan fingerprint density at radius 2 is 2.06 bits per heavy atom. The minimum Gasteiger partial charge on any atom is -0.331 e. The molecule has 1 amide bonds. The van der Waals surface area contributed by atoms with Gasteiger partial charge in [-0.05, 0) is 32.2 Å². The van der Waals surface area contributed by atoms with Crippen molar-refractivity contribution >= 4 is 23.0 Å². The predicted octanol–water partition coefficient (Wildman–Crippen LogP) is 1.52. The van der Waals surface area contributed by atoms with Gasteiger partial charge in [-0.3, -0.25) is 9.59 Å². The number of hydrogen-bond acceptors (Lipinski definition) is 4. The van der Waals surface area contributed by atoms with Crippen molar-refractivity contribution < 1.29 is 9.59 Å². The average molecular weight is 254 g/mol. The molecule has 0 radical (unpaired) electrons. The number of carbonyl (C=O) groups is 2. The molecule has 1 atom stereocenters. The van der Waals surface area contributed by atoms with Crippen molar-refractivity contribution in [2.45, 2.75) is 32.9 Å². The number of rotatable bonds is 5. The number of ketones is 1. The fourth-order valence-corrected chi connectivity index (χ4v) is 2.10. The second kappa shape index (κ2) is 5.93. The molecule has 1 heterocycles. The molecule has 4 nitrogen and oxygen atoms in total. The lowest BCUT2D eigenvalue weighted by molar-refractivity contribution is -0.133. The van der Waals surface area contributed by atoms with E-state index >= 15 is 0 Å². The van der Waals surface area contributed by atoms with Gasteiger partial charge < -0.3 is 10.6 Å². The van der Waals surface area contributed by atoms with Crippen molar-refractivity contribution in [2.75, 3.05) is 6.54 Å². The van der Waals surface area contributed by atoms with Gasteiger partial charge in [0.05, 0.1) is 17.5 Å². The van der Waals surface area contributed by atoms with Crippen LogP contribution in [0.4, 0.5) is 0 Å². The molecule has 1 rings (SSSR count). The summed E-state index contributed by atoms with van der Waals surface area (Å²) in [6, 6.07) is 2.98. The summed E-state index contributed by atoms with van der Waals surface area (Å²) in [6.45, 7) is 5.48. The highest BCUT2D eigenvalue weighted by Crippen LogP contribution is 2.11. The summed E-state index contributed by atoms with van der Waals surface area (Å²) in [6.07, 6.45) is 0. The molecule has 0 fully saturated rings. The molecule has 1 aromatic heterocycles. The molecule has 0 aliphatic rings. The van der Waals surface area contributed by atoms with E-state index in [-0.39, 0.29) is 24.3 Å². The minimum atomic E-state index is -0.575. The molecular weight excluding hydrogens is 236 g/mol. The number of hydrogen-bond donors (Lipinski definition) is 1. The Morgan fingerprint density at radius 3 is 2.47 bits per heavy atom. The zero-order valence-corrected chi connectivity index (χ0v) is 11.2. The van der Waals surface area contributed by atoms with Gasteiger partial charge in [-0.25, -0.2) is 0 Å². The second-order valence-electron chi connectivity index (χ2n) is 4.25. The zero-order valence-electron chi connectivity index (χ0n) is 10.3. The maximum Gasteiger partial charge on any atom is 0.239 e. The van der Waals surface area contributed by atoms with Crippen LogP contribution in [0.3, 0.4) is 0 Å². The number of Topliss-reactive ketones (excluding diaryl/α,β-unsaturated/α-hetero) is 1. The summed E-state index contributed by atoms with van der Waals surface area (Å²) < 4.78 is 0. The molecule has 1 aromatic rings. The third-order valence-corrected chi connectivity index (χ3v) is 3.32. The summed E-state index contributed by atoms with van der Waals surface area (Å²) in [4.78, 5) is 26.0. The van der Waals surface area contributed by atoms with Crippen LogP contribution >= 0.6 is 11.3 Å². The lowest BCUT2D eigenvalue weighted by Gasteiger charge is -2.27. The van der Waals surface area contributed by atoms with Gasteiger partial charge in [0.15, 0.2) is 5.78 Å². The van der Waals surface area contributed by atoms with E-state index in [9.17, 15) is 9.59 Å². The van der Waals surface area contributed by atoms with E-state index < -0.39 is 6.04 Å². The lowest BCUT2D eigenvalue weighted by Crippen LogP contribution is -2.47. The van der Waals surface area contributed by atoms with Crippen LogP contribution in [-0.2, 0) is 4.79 Å². The molecule has 0 unspecified atom stereocenters. The van der Waals surface area contributed by atoms with Gasteiger partial charge in [0.2, 0.25) is 5.91 Å². The molecule has 0 aliphatic carbocycles. The maximum absolute atomic E-state index is 11.9. The summed E-state index contributed by atoms with van der Waals surface area (Å²) in [5.41, 5.74) is 5.57. The number of thiophene rings is 1. The fourth-order valence-electron chi connectivity index (χ4n) is 1.45. The topological polar surface area (TPSA) is 63.4 Å². The maximum atomic E-state index is 11.9. The highest BCUT2D eigenvalue weighted by atomic mass is 32.1. The molecule has 0 saturated heterocycles. The summed E-state index contributed by atoms with van der Waals surface area (Å²) in [5.74, 6) is -0.229. The van der Waals surface area contributed by atoms with E-state index in [4.69, 9.17) is 5.73 Å². The van der Waals surface area contributed by atoms with Crippen LogP contribution in [0.15, 0.2) is 17.5 Å². The van der Waals surface area contributed by atoms with Crippen LogP contribution in [0.5, 0.6) is 0 Å². The monoisotopic (exact) mass is 254 g/mol. The van der Waals surface area contributed by atoms with Crippen molar-refractivity contribution in [3.05, 3.63) is 22.4 Å². The van der Waals surface area contributed by atoms with Crippen LogP contribution in [0, 0.1) is 0 Å². The lowest BCUT2D eigenvalue weighted by atomic mass is 10.2. The van der Waals surface area contributed by atoms with E-state index in [1.165, 1.54) is 16.2 Å². The molecule has 0 saturated carbocycles. The van der Waals surface area contributed by atoms with Crippen molar-refractivity contribution in [3.8, 4) is 0 Å². The standard InChI is InChI=1S/C12H18N2O2S/c1-8(2)14(12(16)9(3)13)7-10(15)11-5-4-6-17-11/h4-6,8-9H,7,13H2,1-3H3/t9-/m0/s1. The Balaban J connectivity index is 2.74. The summed E-state index contributed by atoms with van der Waals surface area (Å²) in [5, 5.41) is 1.85. The highest BCUT2D eigenvalue weighted by Gasteiger charge is 2.23. The number of carbonyl (C=O) groups excluding carboxylic acids is 2. The van der Waals surface area contributed by atoms with Crippen molar-refractivity contribution in [3.63, 3.8) is 0 Å². The number of nitrogens with zero attached hydrogens (tertiary/aromatic N) is 1. The molecule has 2 N–H and O–H groups in total. The third-order valence-electron chi connectivity index (χ3n) is 2.41. The Labute approximate surface area is 105 Å². The first-order valence-electron chi connectivity index (χ1n) is 5.56. The first-order valence-corrected chi connectivity index (χ1v) is 6.44. The van der Waals surface area contributed by atoms with E-state index in [0.717, 1.165) is 0 Å². The van der Waals surface area contributed by atoms with Gasteiger partial charge in [0.1, 0.15) is 0 Å². The predicted molar refractivity (Wildman–Crippen MR) is 69.1 cm³/mol. The van der Waals surface area contributed by atoms with Crippen molar-refractivity contribution in [1.82, 2.24) is 4.90 Å². The SMILES string of the molecule is CC(C)N(CC(=O)c1cccs1)C(=O)[C@H](C)N. The van der Waals surface area contributed by atoms with Gasteiger partial charge in [0.25, 0.3) is 0 Å². The van der Waals surface area contributed by atoms with E-state index in [1.807, 2.05) is 25.3 Å². The van der Waals surface area contributed by atoms with Crippen molar-refractivity contribution in [2.24, 2.45) is 5.73 Å². The van der Waals surface area contributed by atoms with Gasteiger partial charge in [0, 0.05) is 6.04 Å². The van der Waals surface area contributed by atoms with Crippen LogP contribution in [0.25, 0.3) is 0 Å². The smallest absolute Gasteiger partial charge is 0.239 e. The Morgan fingerprint density at radius 1 is 1.41 bits per heavy atom. The van der Waals surface area contributed by atoms with Crippen molar-refractivity contribution in [1.29, 1.82) is 0 Å². The molecule has 17 heavy (non-hydrogen) atoms. The molecule has 0 bridgehead atoms. The number of amides is 1. The van der Waals surface area contributed by atoms with E-state index in [1.54, 1.807) is 13.0 Å². The Hall–Kier alpha value is -1.20. The van der Waals surface area contributed by atoms with Gasteiger partial charge in [-0.15, -0.1) is 11.3 Å². The van der Waals surface area contributed by atoms with E-state index in [0.29, 0.717) is 4.88 Å². The Bertz CT molecular complexity index is 385. The highest BCUT2D eigenvalue weighted by molar-refractivity contribution is 7.12. The molecular formula is C12H18N2O2S. The minimum absolute atomic E-state index is 0.0302. The normalized spacial score (nSPS) is 12.5. The summed E-state index contributed by atoms with van der Waals surface area (Å²) in [7, 11) is 0. The molecule has 0 aliphatic heterocycles. The van der Waals surface area contributed by atoms with Gasteiger partial charge in [-0.1, -0.05) is 6.07 Å². The van der Waals surface area contributed by atoms with Crippen LogP contribution < -0.4 is 5.73 Å². The third kappa shape index (κ3) is 3.64. The molecule has 5 heteroatoms.